The highest BCUT2D eigenvalue weighted by Crippen LogP contribution is 2.43. The van der Waals surface area contributed by atoms with Crippen molar-refractivity contribution in [1.29, 1.82) is 0 Å². The van der Waals surface area contributed by atoms with Crippen molar-refractivity contribution in [3.8, 4) is 0 Å². The molecule has 0 spiro atoms. The summed E-state index contributed by atoms with van der Waals surface area (Å²) < 4.78 is 0. The summed E-state index contributed by atoms with van der Waals surface area (Å²) in [6, 6.07) is 14.5. The van der Waals surface area contributed by atoms with Gasteiger partial charge in [-0.3, -0.25) is 0 Å². The molecular weight excluding hydrogens is 274 g/mol. The summed E-state index contributed by atoms with van der Waals surface area (Å²) in [5.74, 6) is 1.95. The van der Waals surface area contributed by atoms with E-state index in [9.17, 15) is 0 Å². The van der Waals surface area contributed by atoms with Crippen molar-refractivity contribution in [2.24, 2.45) is 5.92 Å². The van der Waals surface area contributed by atoms with E-state index in [2.05, 4.69) is 44.5 Å². The van der Waals surface area contributed by atoms with Gasteiger partial charge in [0.25, 0.3) is 0 Å². The van der Waals surface area contributed by atoms with Gasteiger partial charge in [-0.05, 0) is 36.5 Å². The number of rotatable bonds is 4. The fraction of sp³-hybridized carbons (Fsp3) is 0.235. The molecule has 3 N–H and O–H groups in total. The zero-order valence-corrected chi connectivity index (χ0v) is 12.1. The molecule has 2 aromatic heterocycles. The Morgan fingerprint density at radius 2 is 1.86 bits per heavy atom. The molecule has 2 heterocycles. The van der Waals surface area contributed by atoms with Gasteiger partial charge in [0.1, 0.15) is 18.0 Å². The van der Waals surface area contributed by atoms with Crippen molar-refractivity contribution in [3.63, 3.8) is 0 Å². The fourth-order valence-corrected chi connectivity index (χ4v) is 2.78. The number of fused-ring (bicyclic) bond motifs is 1. The Balaban J connectivity index is 1.72. The number of nitrogens with one attached hydrogen (secondary N) is 1. The Labute approximate surface area is 128 Å². The Kier molecular flexibility index (Phi) is 3.11. The van der Waals surface area contributed by atoms with E-state index < -0.39 is 0 Å². The lowest BCUT2D eigenvalue weighted by molar-refractivity contribution is 0.676. The summed E-state index contributed by atoms with van der Waals surface area (Å²) >= 11 is 0. The van der Waals surface area contributed by atoms with Gasteiger partial charge in [-0.15, -0.1) is 0 Å². The molecule has 0 saturated heterocycles. The fourth-order valence-electron chi connectivity index (χ4n) is 2.78. The number of aromatic nitrogens is 3. The SMILES string of the molecule is Nc1ccc2c(NC(c3ccccc3)C3CC3)ncnc2n1. The molecular formula is C17H17N5. The molecule has 0 radical (unpaired) electrons. The monoisotopic (exact) mass is 291 g/mol. The van der Waals surface area contributed by atoms with Crippen LogP contribution in [0.5, 0.6) is 0 Å². The minimum atomic E-state index is 0.275. The molecule has 1 saturated carbocycles. The second-order valence-corrected chi connectivity index (χ2v) is 5.70. The molecule has 0 aliphatic heterocycles. The van der Waals surface area contributed by atoms with Crippen LogP contribution in [0.2, 0.25) is 0 Å². The number of hydrogen-bond donors (Lipinski definition) is 2. The second kappa shape index (κ2) is 5.26. The van der Waals surface area contributed by atoms with Crippen molar-refractivity contribution >= 4 is 22.7 Å². The number of pyridine rings is 1. The molecule has 4 rings (SSSR count). The lowest BCUT2D eigenvalue weighted by Crippen LogP contribution is -2.14. The van der Waals surface area contributed by atoms with Crippen LogP contribution in [0.1, 0.15) is 24.4 Å². The molecule has 22 heavy (non-hydrogen) atoms. The van der Waals surface area contributed by atoms with Crippen molar-refractivity contribution in [2.45, 2.75) is 18.9 Å². The van der Waals surface area contributed by atoms with E-state index in [4.69, 9.17) is 5.73 Å². The third-order valence-electron chi connectivity index (χ3n) is 4.06. The van der Waals surface area contributed by atoms with E-state index in [0.29, 0.717) is 17.4 Å². The summed E-state index contributed by atoms with van der Waals surface area (Å²) in [6.07, 6.45) is 4.04. The highest BCUT2D eigenvalue weighted by atomic mass is 15.1. The van der Waals surface area contributed by atoms with Gasteiger partial charge < -0.3 is 11.1 Å². The number of hydrogen-bond acceptors (Lipinski definition) is 5. The number of nitrogens with zero attached hydrogens (tertiary/aromatic N) is 3. The Morgan fingerprint density at radius 3 is 2.64 bits per heavy atom. The highest BCUT2D eigenvalue weighted by molar-refractivity contribution is 5.87. The molecule has 1 atom stereocenters. The number of nitrogen functional groups attached to an aromatic ring is 1. The minimum Gasteiger partial charge on any atom is -0.384 e. The lowest BCUT2D eigenvalue weighted by Gasteiger charge is -2.20. The van der Waals surface area contributed by atoms with Crippen LogP contribution in [-0.2, 0) is 0 Å². The topological polar surface area (TPSA) is 76.7 Å². The molecule has 1 unspecified atom stereocenters. The van der Waals surface area contributed by atoms with Crippen molar-refractivity contribution in [2.75, 3.05) is 11.1 Å². The van der Waals surface area contributed by atoms with Crippen molar-refractivity contribution in [3.05, 3.63) is 54.4 Å². The quantitative estimate of drug-likeness (QED) is 0.772. The molecule has 110 valence electrons. The van der Waals surface area contributed by atoms with Gasteiger partial charge in [0.15, 0.2) is 5.65 Å². The maximum atomic E-state index is 5.73. The second-order valence-electron chi connectivity index (χ2n) is 5.70. The first kappa shape index (κ1) is 13.0. The Hall–Kier alpha value is -2.69. The molecule has 1 fully saturated rings. The lowest BCUT2D eigenvalue weighted by atomic mass is 10.0. The van der Waals surface area contributed by atoms with E-state index in [1.807, 2.05) is 12.1 Å². The summed E-state index contributed by atoms with van der Waals surface area (Å²) in [5.41, 5.74) is 7.65. The van der Waals surface area contributed by atoms with E-state index in [1.165, 1.54) is 24.7 Å². The molecule has 0 amide bonds. The predicted octanol–water partition coefficient (Wildman–Crippen LogP) is 3.17. The van der Waals surface area contributed by atoms with Crippen molar-refractivity contribution < 1.29 is 0 Å². The molecule has 5 nitrogen and oxygen atoms in total. The van der Waals surface area contributed by atoms with Gasteiger partial charge in [0.05, 0.1) is 11.4 Å². The molecule has 1 aromatic carbocycles. The number of anilines is 2. The van der Waals surface area contributed by atoms with E-state index in [0.717, 1.165) is 11.2 Å². The van der Waals surface area contributed by atoms with E-state index in [1.54, 1.807) is 6.07 Å². The van der Waals surface area contributed by atoms with Crippen LogP contribution < -0.4 is 11.1 Å². The van der Waals surface area contributed by atoms with Crippen LogP contribution >= 0.6 is 0 Å². The third kappa shape index (κ3) is 2.45. The first-order chi connectivity index (χ1) is 10.8. The summed E-state index contributed by atoms with van der Waals surface area (Å²) in [6.45, 7) is 0. The van der Waals surface area contributed by atoms with Crippen LogP contribution in [0.25, 0.3) is 11.0 Å². The summed E-state index contributed by atoms with van der Waals surface area (Å²) in [5, 5.41) is 4.49. The Morgan fingerprint density at radius 1 is 1.05 bits per heavy atom. The zero-order chi connectivity index (χ0) is 14.9. The van der Waals surface area contributed by atoms with Gasteiger partial charge in [-0.1, -0.05) is 30.3 Å². The molecule has 1 aliphatic rings. The Bertz CT molecular complexity index is 799. The summed E-state index contributed by atoms with van der Waals surface area (Å²) in [7, 11) is 0. The highest BCUT2D eigenvalue weighted by Gasteiger charge is 2.32. The van der Waals surface area contributed by atoms with Crippen LogP contribution in [0.3, 0.4) is 0 Å². The number of nitrogens with two attached hydrogens (primary N) is 1. The van der Waals surface area contributed by atoms with Gasteiger partial charge in [-0.2, -0.15) is 0 Å². The van der Waals surface area contributed by atoms with Crippen LogP contribution in [0.15, 0.2) is 48.8 Å². The molecule has 3 aromatic rings. The average Bonchev–Trinajstić information content (AvgIpc) is 3.38. The third-order valence-corrected chi connectivity index (χ3v) is 4.06. The van der Waals surface area contributed by atoms with Gasteiger partial charge in [-0.25, -0.2) is 15.0 Å². The molecule has 0 bridgehead atoms. The maximum absolute atomic E-state index is 5.73. The molecule has 1 aliphatic carbocycles. The summed E-state index contributed by atoms with van der Waals surface area (Å²) in [4.78, 5) is 12.9. The maximum Gasteiger partial charge on any atom is 0.166 e. The van der Waals surface area contributed by atoms with Gasteiger partial charge in [0.2, 0.25) is 0 Å². The minimum absolute atomic E-state index is 0.275. The van der Waals surface area contributed by atoms with Crippen LogP contribution in [0.4, 0.5) is 11.6 Å². The molecule has 5 heteroatoms. The first-order valence-electron chi connectivity index (χ1n) is 7.50. The van der Waals surface area contributed by atoms with E-state index >= 15 is 0 Å². The van der Waals surface area contributed by atoms with Crippen LogP contribution in [-0.4, -0.2) is 15.0 Å². The van der Waals surface area contributed by atoms with Gasteiger partial charge in [0, 0.05) is 0 Å². The van der Waals surface area contributed by atoms with Gasteiger partial charge >= 0.3 is 0 Å². The standard InChI is InChI=1S/C17H17N5/c18-14-9-8-13-16(21-14)19-10-20-17(13)22-15(12-6-7-12)11-4-2-1-3-5-11/h1-5,8-10,12,15H,6-7H2,(H3,18,19,20,21,22). The zero-order valence-electron chi connectivity index (χ0n) is 12.1. The normalized spacial score (nSPS) is 15.6. The van der Waals surface area contributed by atoms with Crippen molar-refractivity contribution in [1.82, 2.24) is 15.0 Å². The predicted molar refractivity (Wildman–Crippen MR) is 87.3 cm³/mol. The average molecular weight is 291 g/mol. The van der Waals surface area contributed by atoms with E-state index in [-0.39, 0.29) is 6.04 Å². The largest absolute Gasteiger partial charge is 0.384 e. The smallest absolute Gasteiger partial charge is 0.166 e. The first-order valence-corrected chi connectivity index (χ1v) is 7.50. The number of benzene rings is 1. The van der Waals surface area contributed by atoms with Crippen LogP contribution in [0, 0.1) is 5.92 Å².